The van der Waals surface area contributed by atoms with Crippen LogP contribution in [0.2, 0.25) is 0 Å². The van der Waals surface area contributed by atoms with Gasteiger partial charge in [0.1, 0.15) is 12.1 Å². The lowest BCUT2D eigenvalue weighted by atomic mass is 10.0. The van der Waals surface area contributed by atoms with Crippen LogP contribution in [0.25, 0.3) is 0 Å². The van der Waals surface area contributed by atoms with E-state index in [2.05, 4.69) is 4.98 Å². The monoisotopic (exact) mass is 208 g/mol. The molecule has 2 aliphatic rings. The van der Waals surface area contributed by atoms with E-state index in [4.69, 9.17) is 9.84 Å². The van der Waals surface area contributed by atoms with Gasteiger partial charge in [-0.1, -0.05) is 0 Å². The van der Waals surface area contributed by atoms with Crippen molar-refractivity contribution in [1.82, 2.24) is 9.55 Å². The molecular formula is C10H12N2O3. The van der Waals surface area contributed by atoms with Gasteiger partial charge in [-0.15, -0.1) is 0 Å². The zero-order valence-corrected chi connectivity index (χ0v) is 8.38. The Kier molecular flexibility index (Phi) is 1.75. The number of aromatic nitrogens is 2. The number of fused-ring (bicyclic) bond motifs is 5. The summed E-state index contributed by atoms with van der Waals surface area (Å²) in [7, 11) is 0. The van der Waals surface area contributed by atoms with Crippen LogP contribution in [0.5, 0.6) is 0 Å². The van der Waals surface area contributed by atoms with Crippen LogP contribution in [-0.2, 0) is 4.74 Å². The Morgan fingerprint density at radius 1 is 1.73 bits per heavy atom. The van der Waals surface area contributed by atoms with Gasteiger partial charge in [-0.05, 0) is 6.92 Å². The highest BCUT2D eigenvalue weighted by molar-refractivity contribution is 5.17. The minimum Gasteiger partial charge on any atom is -0.394 e. The van der Waals surface area contributed by atoms with E-state index < -0.39 is 0 Å². The lowest BCUT2D eigenvalue weighted by Crippen LogP contribution is -2.30. The molecule has 1 N–H and O–H groups in total. The van der Waals surface area contributed by atoms with Crippen molar-refractivity contribution in [3.8, 4) is 0 Å². The van der Waals surface area contributed by atoms with Crippen LogP contribution >= 0.6 is 0 Å². The van der Waals surface area contributed by atoms with Gasteiger partial charge in [0.2, 0.25) is 0 Å². The second-order valence-corrected chi connectivity index (χ2v) is 4.15. The maximum atomic E-state index is 11.4. The highest BCUT2D eigenvalue weighted by atomic mass is 16.5. The number of aryl methyl sites for hydroxylation is 1. The van der Waals surface area contributed by atoms with E-state index in [0.717, 1.165) is 12.2 Å². The van der Waals surface area contributed by atoms with Gasteiger partial charge < -0.3 is 14.4 Å². The molecule has 3 atom stereocenters. The summed E-state index contributed by atoms with van der Waals surface area (Å²) in [5.74, 6) is 0.842. The maximum absolute atomic E-state index is 11.4. The fourth-order valence-corrected chi connectivity index (χ4v) is 2.43. The highest BCUT2D eigenvalue weighted by Crippen LogP contribution is 2.45. The van der Waals surface area contributed by atoms with Gasteiger partial charge in [0, 0.05) is 18.2 Å². The van der Waals surface area contributed by atoms with Crippen LogP contribution < -0.4 is 5.56 Å². The zero-order chi connectivity index (χ0) is 10.6. The maximum Gasteiger partial charge on any atom is 0.275 e. The Balaban J connectivity index is 2.14. The molecule has 3 rings (SSSR count). The number of nitrogens with zero attached hydrogens (tertiary/aromatic N) is 2. The first-order valence-electron chi connectivity index (χ1n) is 5.06. The molecule has 1 saturated heterocycles. The summed E-state index contributed by atoms with van der Waals surface area (Å²) in [5.41, 5.74) is 0.459. The standard InChI is InChI=1S/C10H12N2O3/c1-5-3-12-8-2-6(7(4-13)15-8)9(12)11-10(5)14/h3,6-8,13H,2,4H2,1H3/t6-,7-,8-/m1/s1. The van der Waals surface area contributed by atoms with Crippen LogP contribution in [0, 0.1) is 6.92 Å². The van der Waals surface area contributed by atoms with Crippen molar-refractivity contribution in [2.24, 2.45) is 0 Å². The average molecular weight is 208 g/mol. The predicted molar refractivity (Wildman–Crippen MR) is 51.6 cm³/mol. The van der Waals surface area contributed by atoms with Crippen LogP contribution in [0.3, 0.4) is 0 Å². The van der Waals surface area contributed by atoms with Crippen molar-refractivity contribution in [2.75, 3.05) is 6.61 Å². The summed E-state index contributed by atoms with van der Waals surface area (Å²) in [6.07, 6.45) is 2.38. The van der Waals surface area contributed by atoms with E-state index >= 15 is 0 Å². The van der Waals surface area contributed by atoms with E-state index in [1.165, 1.54) is 0 Å². The third-order valence-corrected chi connectivity index (χ3v) is 3.21. The number of ether oxygens (including phenoxy) is 1. The molecule has 1 aromatic heterocycles. The number of aliphatic hydroxyl groups excluding tert-OH is 1. The molecule has 0 spiro atoms. The molecule has 0 unspecified atom stereocenters. The second-order valence-electron chi connectivity index (χ2n) is 4.15. The first-order valence-corrected chi connectivity index (χ1v) is 5.06. The summed E-state index contributed by atoms with van der Waals surface area (Å²) in [6, 6.07) is 0. The van der Waals surface area contributed by atoms with Crippen LogP contribution in [0.4, 0.5) is 0 Å². The van der Waals surface area contributed by atoms with Gasteiger partial charge in [0.25, 0.3) is 5.56 Å². The van der Waals surface area contributed by atoms with Crippen molar-refractivity contribution in [1.29, 1.82) is 0 Å². The summed E-state index contributed by atoms with van der Waals surface area (Å²) in [6.45, 7) is 1.74. The largest absolute Gasteiger partial charge is 0.394 e. The molecule has 3 heterocycles. The third kappa shape index (κ3) is 1.10. The summed E-state index contributed by atoms with van der Waals surface area (Å²) in [5, 5.41) is 9.10. The second kappa shape index (κ2) is 2.90. The molecule has 0 amide bonds. The fraction of sp³-hybridized carbons (Fsp3) is 0.600. The number of aliphatic hydroxyl groups is 1. The third-order valence-electron chi connectivity index (χ3n) is 3.21. The Morgan fingerprint density at radius 3 is 3.27 bits per heavy atom. The number of hydrogen-bond acceptors (Lipinski definition) is 4. The van der Waals surface area contributed by atoms with Crippen molar-refractivity contribution < 1.29 is 9.84 Å². The van der Waals surface area contributed by atoms with Gasteiger partial charge >= 0.3 is 0 Å². The van der Waals surface area contributed by atoms with E-state index in [1.807, 2.05) is 4.57 Å². The predicted octanol–water partition coefficient (Wildman–Crippen LogP) is -0.0713. The van der Waals surface area contributed by atoms with Gasteiger partial charge in [0.15, 0.2) is 0 Å². The molecule has 0 radical (unpaired) electrons. The van der Waals surface area contributed by atoms with E-state index in [9.17, 15) is 4.79 Å². The van der Waals surface area contributed by atoms with E-state index in [-0.39, 0.29) is 30.4 Å². The SMILES string of the molecule is Cc1cn2c(nc1=O)[C@@H]1C[C@H]2O[C@@H]1CO. The van der Waals surface area contributed by atoms with Crippen molar-refractivity contribution in [2.45, 2.75) is 31.6 Å². The lowest BCUT2D eigenvalue weighted by Gasteiger charge is -2.24. The Bertz CT molecular complexity index is 468. The smallest absolute Gasteiger partial charge is 0.275 e. The van der Waals surface area contributed by atoms with Crippen molar-refractivity contribution in [3.05, 3.63) is 27.9 Å². The molecular weight excluding hydrogens is 196 g/mol. The van der Waals surface area contributed by atoms with E-state index in [1.54, 1.807) is 13.1 Å². The first kappa shape index (κ1) is 9.06. The number of rotatable bonds is 1. The number of hydrogen-bond donors (Lipinski definition) is 1. The molecule has 15 heavy (non-hydrogen) atoms. The van der Waals surface area contributed by atoms with Crippen molar-refractivity contribution >= 4 is 0 Å². The molecule has 5 nitrogen and oxygen atoms in total. The minimum atomic E-state index is -0.190. The molecule has 80 valence electrons. The summed E-state index contributed by atoms with van der Waals surface area (Å²) < 4.78 is 7.51. The quantitative estimate of drug-likeness (QED) is 0.701. The molecule has 1 fully saturated rings. The Hall–Kier alpha value is -1.20. The van der Waals surface area contributed by atoms with Crippen LogP contribution in [0.15, 0.2) is 11.0 Å². The molecule has 5 heteroatoms. The summed E-state index contributed by atoms with van der Waals surface area (Å²) >= 11 is 0. The lowest BCUT2D eigenvalue weighted by molar-refractivity contribution is -0.0411. The fourth-order valence-electron chi connectivity index (χ4n) is 2.43. The molecule has 0 aromatic carbocycles. The van der Waals surface area contributed by atoms with Crippen LogP contribution in [0.1, 0.15) is 30.0 Å². The van der Waals surface area contributed by atoms with Gasteiger partial charge in [-0.3, -0.25) is 4.79 Å². The molecule has 1 aromatic rings. The molecule has 0 saturated carbocycles. The van der Waals surface area contributed by atoms with Gasteiger partial charge in [-0.2, -0.15) is 4.98 Å². The molecule has 2 bridgehead atoms. The van der Waals surface area contributed by atoms with Gasteiger partial charge in [-0.25, -0.2) is 0 Å². The summed E-state index contributed by atoms with van der Waals surface area (Å²) in [4.78, 5) is 15.5. The Morgan fingerprint density at radius 2 is 2.53 bits per heavy atom. The minimum absolute atomic E-state index is 0.00901. The normalized spacial score (nSPS) is 32.0. The average Bonchev–Trinajstić information content (AvgIpc) is 2.77. The zero-order valence-electron chi connectivity index (χ0n) is 8.38. The Labute approximate surface area is 86.3 Å². The topological polar surface area (TPSA) is 64.4 Å². The molecule has 2 aliphatic heterocycles. The van der Waals surface area contributed by atoms with E-state index in [0.29, 0.717) is 5.56 Å². The molecule has 0 aliphatic carbocycles. The van der Waals surface area contributed by atoms with Crippen LogP contribution in [-0.4, -0.2) is 27.4 Å². The van der Waals surface area contributed by atoms with Gasteiger partial charge in [0.05, 0.1) is 18.6 Å². The highest BCUT2D eigenvalue weighted by Gasteiger charge is 2.45. The van der Waals surface area contributed by atoms with Crippen molar-refractivity contribution in [3.63, 3.8) is 0 Å². The first-order chi connectivity index (χ1) is 7.20.